The number of likely N-dealkylation sites (tertiary alicyclic amines) is 1. The molecule has 8 nitrogen and oxygen atoms in total. The first kappa shape index (κ1) is 23.2. The molecule has 3 aliphatic rings. The fourth-order valence-electron chi connectivity index (χ4n) is 5.49. The summed E-state index contributed by atoms with van der Waals surface area (Å²) in [4.78, 5) is 42.5. The molecule has 184 valence electrons. The third kappa shape index (κ3) is 4.45. The third-order valence-electron chi connectivity index (χ3n) is 7.55. The molecule has 0 spiro atoms. The van der Waals surface area contributed by atoms with E-state index in [-0.39, 0.29) is 37.1 Å². The van der Waals surface area contributed by atoms with Gasteiger partial charge in [-0.15, -0.1) is 0 Å². The summed E-state index contributed by atoms with van der Waals surface area (Å²) in [7, 11) is 0. The lowest BCUT2D eigenvalue weighted by atomic mass is 9.75. The van der Waals surface area contributed by atoms with Gasteiger partial charge in [0.1, 0.15) is 5.54 Å². The van der Waals surface area contributed by atoms with Gasteiger partial charge in [0.15, 0.2) is 11.5 Å². The quantitative estimate of drug-likeness (QED) is 0.617. The minimum absolute atomic E-state index is 0.0103. The number of amides is 4. The van der Waals surface area contributed by atoms with Gasteiger partial charge >= 0.3 is 6.03 Å². The van der Waals surface area contributed by atoms with Crippen molar-refractivity contribution in [2.75, 3.05) is 19.9 Å². The molecule has 2 fully saturated rings. The first-order valence-corrected chi connectivity index (χ1v) is 12.3. The summed E-state index contributed by atoms with van der Waals surface area (Å²) in [6, 6.07) is 15.1. The van der Waals surface area contributed by atoms with Crippen LogP contribution in [0.25, 0.3) is 0 Å². The molecule has 0 saturated carbocycles. The molecule has 5 rings (SSSR count). The van der Waals surface area contributed by atoms with Crippen LogP contribution in [0.3, 0.4) is 0 Å². The van der Waals surface area contributed by atoms with Gasteiger partial charge in [0.2, 0.25) is 12.7 Å². The zero-order chi connectivity index (χ0) is 24.4. The van der Waals surface area contributed by atoms with E-state index < -0.39 is 5.54 Å². The van der Waals surface area contributed by atoms with Gasteiger partial charge in [-0.2, -0.15) is 0 Å². The van der Waals surface area contributed by atoms with Crippen LogP contribution in [0.1, 0.15) is 43.7 Å². The largest absolute Gasteiger partial charge is 0.454 e. The normalized spacial score (nSPS) is 22.0. The Morgan fingerprint density at radius 2 is 1.77 bits per heavy atom. The average molecular weight is 478 g/mol. The molecule has 1 atom stereocenters. The molecule has 0 aromatic heterocycles. The summed E-state index contributed by atoms with van der Waals surface area (Å²) in [5, 5.41) is 3.03. The zero-order valence-electron chi connectivity index (χ0n) is 20.0. The summed E-state index contributed by atoms with van der Waals surface area (Å²) in [5.41, 5.74) is 1.04. The Labute approximate surface area is 205 Å². The molecule has 2 aromatic carbocycles. The fraction of sp³-hybridized carbons (Fsp3) is 0.444. The number of carbonyl (C=O) groups excluding carboxylic acids is 3. The maximum Gasteiger partial charge on any atom is 0.325 e. The number of urea groups is 1. The van der Waals surface area contributed by atoms with Crippen molar-refractivity contribution in [3.05, 3.63) is 59.7 Å². The lowest BCUT2D eigenvalue weighted by molar-refractivity contribution is -0.136. The number of imide groups is 1. The second-order valence-electron chi connectivity index (χ2n) is 9.47. The molecule has 2 aromatic rings. The number of aryl methyl sites for hydroxylation is 1. The van der Waals surface area contributed by atoms with Gasteiger partial charge in [0.25, 0.3) is 5.91 Å². The molecule has 3 heterocycles. The van der Waals surface area contributed by atoms with Crippen molar-refractivity contribution >= 4 is 17.8 Å². The Balaban J connectivity index is 1.21. The van der Waals surface area contributed by atoms with E-state index in [1.54, 1.807) is 6.07 Å². The maximum absolute atomic E-state index is 13.6. The topological polar surface area (TPSA) is 88.2 Å². The minimum atomic E-state index is -0.924. The van der Waals surface area contributed by atoms with Crippen LogP contribution in [-0.4, -0.2) is 53.1 Å². The number of hydrogen-bond donors (Lipinski definition) is 1. The Morgan fingerprint density at radius 3 is 2.51 bits per heavy atom. The number of piperidine rings is 1. The van der Waals surface area contributed by atoms with E-state index in [0.29, 0.717) is 50.3 Å². The van der Waals surface area contributed by atoms with Gasteiger partial charge in [0, 0.05) is 19.5 Å². The summed E-state index contributed by atoms with van der Waals surface area (Å²) in [5.74, 6) is 1.24. The van der Waals surface area contributed by atoms with Gasteiger partial charge in [-0.1, -0.05) is 43.3 Å². The number of ether oxygens (including phenoxy) is 2. The Kier molecular flexibility index (Phi) is 6.36. The van der Waals surface area contributed by atoms with E-state index in [1.807, 2.05) is 54.3 Å². The molecule has 2 saturated heterocycles. The van der Waals surface area contributed by atoms with Crippen molar-refractivity contribution < 1.29 is 23.9 Å². The molecule has 4 amide bonds. The molecule has 1 N–H and O–H groups in total. The summed E-state index contributed by atoms with van der Waals surface area (Å²) >= 11 is 0. The number of nitrogens with zero attached hydrogens (tertiary/aromatic N) is 2. The molecule has 1 unspecified atom stereocenters. The number of carbonyl (C=O) groups is 3. The highest BCUT2D eigenvalue weighted by Crippen LogP contribution is 2.38. The Hall–Kier alpha value is -3.55. The van der Waals surface area contributed by atoms with Crippen LogP contribution in [0.15, 0.2) is 48.5 Å². The van der Waals surface area contributed by atoms with E-state index in [2.05, 4.69) is 5.32 Å². The van der Waals surface area contributed by atoms with Crippen molar-refractivity contribution in [2.24, 2.45) is 5.92 Å². The van der Waals surface area contributed by atoms with E-state index >= 15 is 0 Å². The maximum atomic E-state index is 13.6. The zero-order valence-corrected chi connectivity index (χ0v) is 20.0. The Morgan fingerprint density at radius 1 is 1.03 bits per heavy atom. The lowest BCUT2D eigenvalue weighted by Crippen LogP contribution is -2.56. The van der Waals surface area contributed by atoms with Crippen molar-refractivity contribution in [3.63, 3.8) is 0 Å². The van der Waals surface area contributed by atoms with Gasteiger partial charge in [-0.25, -0.2) is 4.79 Å². The molecule has 3 aliphatic heterocycles. The first-order chi connectivity index (χ1) is 17.0. The molecular formula is C27H31N3O5. The minimum Gasteiger partial charge on any atom is -0.454 e. The second-order valence-corrected chi connectivity index (χ2v) is 9.47. The third-order valence-corrected chi connectivity index (χ3v) is 7.55. The highest BCUT2D eigenvalue weighted by Gasteiger charge is 2.54. The van der Waals surface area contributed by atoms with Gasteiger partial charge in [-0.3, -0.25) is 14.5 Å². The van der Waals surface area contributed by atoms with Crippen LogP contribution < -0.4 is 14.8 Å². The molecule has 0 aliphatic carbocycles. The van der Waals surface area contributed by atoms with E-state index in [4.69, 9.17) is 9.47 Å². The predicted molar refractivity (Wildman–Crippen MR) is 129 cm³/mol. The van der Waals surface area contributed by atoms with Gasteiger partial charge in [-0.05, 0) is 54.9 Å². The van der Waals surface area contributed by atoms with Crippen molar-refractivity contribution in [2.45, 2.75) is 51.1 Å². The van der Waals surface area contributed by atoms with Gasteiger partial charge < -0.3 is 19.7 Å². The molecule has 0 radical (unpaired) electrons. The lowest BCUT2D eigenvalue weighted by Gasteiger charge is -2.40. The highest BCUT2D eigenvalue weighted by atomic mass is 16.7. The summed E-state index contributed by atoms with van der Waals surface area (Å²) < 4.78 is 10.8. The van der Waals surface area contributed by atoms with Crippen LogP contribution in [0.5, 0.6) is 11.5 Å². The molecular weight excluding hydrogens is 446 g/mol. The summed E-state index contributed by atoms with van der Waals surface area (Å²) in [6.45, 7) is 3.50. The van der Waals surface area contributed by atoms with Crippen LogP contribution in [0.4, 0.5) is 4.79 Å². The number of fused-ring (bicyclic) bond motifs is 1. The highest BCUT2D eigenvalue weighted by molar-refractivity contribution is 6.07. The first-order valence-electron chi connectivity index (χ1n) is 12.3. The van der Waals surface area contributed by atoms with E-state index in [0.717, 1.165) is 17.5 Å². The smallest absolute Gasteiger partial charge is 0.325 e. The van der Waals surface area contributed by atoms with E-state index in [9.17, 15) is 14.4 Å². The molecule has 35 heavy (non-hydrogen) atoms. The molecule has 8 heteroatoms. The Bertz CT molecular complexity index is 1110. The number of hydrogen-bond acceptors (Lipinski definition) is 5. The SMILES string of the molecule is CCC1(C2CCN(C(=O)CCc3ccccc3)CC2)NC(=O)N(Cc2ccc3c(c2)OCO3)C1=O. The fourth-order valence-corrected chi connectivity index (χ4v) is 5.49. The molecule has 0 bridgehead atoms. The number of nitrogens with one attached hydrogen (secondary N) is 1. The van der Waals surface area contributed by atoms with Crippen LogP contribution >= 0.6 is 0 Å². The predicted octanol–water partition coefficient (Wildman–Crippen LogP) is 3.49. The summed E-state index contributed by atoms with van der Waals surface area (Å²) in [6.07, 6.45) is 3.10. The van der Waals surface area contributed by atoms with Crippen molar-refractivity contribution in [1.29, 1.82) is 0 Å². The van der Waals surface area contributed by atoms with Crippen molar-refractivity contribution in [1.82, 2.24) is 15.1 Å². The number of benzene rings is 2. The standard InChI is InChI=1S/C27H31N3O5/c1-2-27(21-12-14-29(15-13-21)24(31)11-9-19-6-4-3-5-7-19)25(32)30(26(33)28-27)17-20-8-10-22-23(16-20)35-18-34-22/h3-8,10,16,21H,2,9,11-15,17-18H2,1H3,(H,28,33). The van der Waals surface area contributed by atoms with Crippen molar-refractivity contribution in [3.8, 4) is 11.5 Å². The number of rotatable bonds is 7. The van der Waals surface area contributed by atoms with Crippen LogP contribution in [-0.2, 0) is 22.6 Å². The van der Waals surface area contributed by atoms with E-state index in [1.165, 1.54) is 4.90 Å². The van der Waals surface area contributed by atoms with Gasteiger partial charge in [0.05, 0.1) is 6.54 Å². The average Bonchev–Trinajstić information content (AvgIpc) is 3.46. The van der Waals surface area contributed by atoms with Crippen LogP contribution in [0, 0.1) is 5.92 Å². The monoisotopic (exact) mass is 477 g/mol. The second kappa shape index (κ2) is 9.60. The van der Waals surface area contributed by atoms with Crippen LogP contribution in [0.2, 0.25) is 0 Å².